The van der Waals surface area contributed by atoms with Crippen molar-refractivity contribution < 1.29 is 31.1 Å². The van der Waals surface area contributed by atoms with Gasteiger partial charge in [0.15, 0.2) is 0 Å². The molecule has 1 aliphatic rings. The molecule has 0 unspecified atom stereocenters. The van der Waals surface area contributed by atoms with Crippen LogP contribution < -0.4 is 0 Å². The first-order valence-corrected chi connectivity index (χ1v) is 6.99. The highest BCUT2D eigenvalue weighted by atomic mass is 79.9. The normalized spacial score (nSPS) is 29.8. The van der Waals surface area contributed by atoms with Crippen LogP contribution in [0.1, 0.15) is 32.6 Å². The van der Waals surface area contributed by atoms with E-state index < -0.39 is 24.1 Å². The van der Waals surface area contributed by atoms with E-state index in [9.17, 15) is 26.3 Å². The molecule has 1 saturated carbocycles. The maximum atomic E-state index is 12.5. The zero-order valence-electron chi connectivity index (χ0n) is 10.2. The molecule has 1 aliphatic carbocycles. The van der Waals surface area contributed by atoms with Gasteiger partial charge in [0, 0.05) is 5.33 Å². The molecule has 0 aromatic heterocycles. The Bertz CT molecular complexity index is 279. The molecule has 1 rings (SSSR count). The van der Waals surface area contributed by atoms with E-state index in [1.165, 1.54) is 0 Å². The first kappa shape index (κ1) is 17.1. The summed E-state index contributed by atoms with van der Waals surface area (Å²) in [6.07, 6.45) is -13.1. The SMILES string of the molecule is CC1CCC(CBr)(OC(C(F)(F)F)C(F)(F)F)CC1. The summed E-state index contributed by atoms with van der Waals surface area (Å²) in [4.78, 5) is 0. The van der Waals surface area contributed by atoms with Crippen LogP contribution >= 0.6 is 15.9 Å². The summed E-state index contributed by atoms with van der Waals surface area (Å²) >= 11 is 2.99. The first-order valence-electron chi connectivity index (χ1n) is 5.87. The molecule has 0 bridgehead atoms. The summed E-state index contributed by atoms with van der Waals surface area (Å²) in [6.45, 7) is 1.92. The topological polar surface area (TPSA) is 9.23 Å². The number of ether oxygens (including phenoxy) is 1. The predicted octanol–water partition coefficient (Wildman–Crippen LogP) is 4.84. The van der Waals surface area contributed by atoms with E-state index in [2.05, 4.69) is 20.7 Å². The van der Waals surface area contributed by atoms with Crippen molar-refractivity contribution in [2.75, 3.05) is 5.33 Å². The van der Waals surface area contributed by atoms with E-state index in [-0.39, 0.29) is 18.2 Å². The molecule has 1 nitrogen and oxygen atoms in total. The summed E-state index contributed by atoms with van der Waals surface area (Å²) in [5.74, 6) is 0.297. The predicted molar refractivity (Wildman–Crippen MR) is 61.1 cm³/mol. The monoisotopic (exact) mass is 356 g/mol. The zero-order chi connectivity index (χ0) is 14.9. The molecule has 1 fully saturated rings. The Kier molecular flexibility index (Phi) is 5.20. The van der Waals surface area contributed by atoms with Gasteiger partial charge in [-0.2, -0.15) is 26.3 Å². The Morgan fingerprint density at radius 2 is 1.53 bits per heavy atom. The van der Waals surface area contributed by atoms with Gasteiger partial charge in [0.1, 0.15) is 0 Å². The van der Waals surface area contributed by atoms with Gasteiger partial charge in [-0.15, -0.1) is 0 Å². The lowest BCUT2D eigenvalue weighted by atomic mass is 9.80. The first-order chi connectivity index (χ1) is 8.50. The average molecular weight is 357 g/mol. The summed E-state index contributed by atoms with van der Waals surface area (Å²) < 4.78 is 79.5. The minimum Gasteiger partial charge on any atom is -0.353 e. The standard InChI is InChI=1S/C11H15BrF6O/c1-7-2-4-9(6-12,5-3-7)19-8(10(13,14)15)11(16,17)18/h7-8H,2-6H2,1H3. The molecule has 0 spiro atoms. The lowest BCUT2D eigenvalue weighted by Gasteiger charge is -2.41. The Balaban J connectivity index is 2.88. The van der Waals surface area contributed by atoms with E-state index in [4.69, 9.17) is 0 Å². The van der Waals surface area contributed by atoms with Crippen molar-refractivity contribution in [3.63, 3.8) is 0 Å². The van der Waals surface area contributed by atoms with Crippen molar-refractivity contribution in [3.05, 3.63) is 0 Å². The van der Waals surface area contributed by atoms with Crippen LogP contribution in [0.3, 0.4) is 0 Å². The second-order valence-corrected chi connectivity index (χ2v) is 5.64. The molecule has 8 heteroatoms. The largest absolute Gasteiger partial charge is 0.423 e. The minimum absolute atomic E-state index is 0.0324. The fraction of sp³-hybridized carbons (Fsp3) is 1.00. The van der Waals surface area contributed by atoms with Crippen molar-refractivity contribution >= 4 is 15.9 Å². The second-order valence-electron chi connectivity index (χ2n) is 5.08. The van der Waals surface area contributed by atoms with Crippen LogP contribution in [0.15, 0.2) is 0 Å². The number of rotatable bonds is 3. The molecule has 0 radical (unpaired) electrons. The van der Waals surface area contributed by atoms with Crippen molar-refractivity contribution in [1.82, 2.24) is 0 Å². The molecule has 0 aromatic carbocycles. The Hall–Kier alpha value is 0.0200. The van der Waals surface area contributed by atoms with Crippen molar-refractivity contribution in [1.29, 1.82) is 0 Å². The molecule has 19 heavy (non-hydrogen) atoms. The molecule has 0 aromatic rings. The van der Waals surface area contributed by atoms with E-state index in [1.807, 2.05) is 6.92 Å². The van der Waals surface area contributed by atoms with Crippen LogP contribution in [0.4, 0.5) is 26.3 Å². The Labute approximate surface area is 115 Å². The average Bonchev–Trinajstić information content (AvgIpc) is 2.26. The van der Waals surface area contributed by atoms with Crippen LogP contribution in [0.2, 0.25) is 0 Å². The van der Waals surface area contributed by atoms with E-state index in [1.54, 1.807) is 0 Å². The van der Waals surface area contributed by atoms with Crippen molar-refractivity contribution in [2.24, 2.45) is 5.92 Å². The smallest absolute Gasteiger partial charge is 0.353 e. The zero-order valence-corrected chi connectivity index (χ0v) is 11.8. The van der Waals surface area contributed by atoms with Gasteiger partial charge < -0.3 is 4.74 Å². The summed E-state index contributed by atoms with van der Waals surface area (Å²) in [6, 6.07) is 0. The summed E-state index contributed by atoms with van der Waals surface area (Å²) in [5, 5.41) is -0.0324. The van der Waals surface area contributed by atoms with Crippen LogP contribution in [0.25, 0.3) is 0 Å². The van der Waals surface area contributed by atoms with Crippen LogP contribution in [0.5, 0.6) is 0 Å². The summed E-state index contributed by atoms with van der Waals surface area (Å²) in [5.41, 5.74) is -1.39. The molecular weight excluding hydrogens is 342 g/mol. The molecule has 0 heterocycles. The maximum absolute atomic E-state index is 12.5. The van der Waals surface area contributed by atoms with Crippen LogP contribution in [-0.2, 0) is 4.74 Å². The number of hydrogen-bond acceptors (Lipinski definition) is 1. The molecule has 114 valence electrons. The Morgan fingerprint density at radius 1 is 1.11 bits per heavy atom. The third-order valence-corrected chi connectivity index (χ3v) is 4.41. The van der Waals surface area contributed by atoms with Gasteiger partial charge in [0.2, 0.25) is 6.10 Å². The maximum Gasteiger partial charge on any atom is 0.423 e. The number of alkyl halides is 7. The molecule has 0 saturated heterocycles. The van der Waals surface area contributed by atoms with E-state index in [0.29, 0.717) is 18.8 Å². The molecule has 0 amide bonds. The van der Waals surface area contributed by atoms with Crippen LogP contribution in [-0.4, -0.2) is 29.4 Å². The third-order valence-electron chi connectivity index (χ3n) is 3.39. The molecule has 0 aliphatic heterocycles. The lowest BCUT2D eigenvalue weighted by Crippen LogP contribution is -2.52. The van der Waals surface area contributed by atoms with Gasteiger partial charge in [-0.25, -0.2) is 0 Å². The molecule has 0 atom stereocenters. The highest BCUT2D eigenvalue weighted by Gasteiger charge is 2.60. The van der Waals surface area contributed by atoms with Gasteiger partial charge in [-0.3, -0.25) is 0 Å². The number of halogens is 7. The highest BCUT2D eigenvalue weighted by molar-refractivity contribution is 9.09. The second kappa shape index (κ2) is 5.79. The van der Waals surface area contributed by atoms with E-state index >= 15 is 0 Å². The fourth-order valence-corrected chi connectivity index (χ4v) is 2.83. The van der Waals surface area contributed by atoms with Crippen LogP contribution in [0, 0.1) is 5.92 Å². The van der Waals surface area contributed by atoms with Gasteiger partial charge in [0.25, 0.3) is 0 Å². The van der Waals surface area contributed by atoms with E-state index in [0.717, 1.165) is 0 Å². The minimum atomic E-state index is -5.45. The fourth-order valence-electron chi connectivity index (χ4n) is 2.14. The van der Waals surface area contributed by atoms with Gasteiger partial charge in [-0.05, 0) is 31.6 Å². The third kappa shape index (κ3) is 4.51. The molecular formula is C11H15BrF6O. The van der Waals surface area contributed by atoms with Crippen molar-refractivity contribution in [2.45, 2.75) is 56.7 Å². The summed E-state index contributed by atoms with van der Waals surface area (Å²) in [7, 11) is 0. The van der Waals surface area contributed by atoms with Crippen molar-refractivity contribution in [3.8, 4) is 0 Å². The quantitative estimate of drug-likeness (QED) is 0.519. The lowest BCUT2D eigenvalue weighted by molar-refractivity contribution is -0.345. The highest BCUT2D eigenvalue weighted by Crippen LogP contribution is 2.43. The van der Waals surface area contributed by atoms with Gasteiger partial charge in [0.05, 0.1) is 5.60 Å². The van der Waals surface area contributed by atoms with Gasteiger partial charge >= 0.3 is 12.4 Å². The van der Waals surface area contributed by atoms with Gasteiger partial charge in [-0.1, -0.05) is 22.9 Å². The number of hydrogen-bond donors (Lipinski definition) is 0. The molecule has 0 N–H and O–H groups in total. The Morgan fingerprint density at radius 3 is 1.84 bits per heavy atom.